The van der Waals surface area contributed by atoms with Gasteiger partial charge in [0.2, 0.25) is 0 Å². The summed E-state index contributed by atoms with van der Waals surface area (Å²) in [4.78, 5) is 9.49. The van der Waals surface area contributed by atoms with E-state index < -0.39 is 0 Å². The molecule has 0 aromatic heterocycles. The largest absolute Gasteiger partial charge is 0.371 e. The molecule has 0 saturated carbocycles. The molecule has 1 aromatic carbocycles. The molecule has 1 unspecified atom stereocenters. The maximum atomic E-state index is 6.21. The number of aryl methyl sites for hydroxylation is 1. The highest BCUT2D eigenvalue weighted by atomic mass is 127. The maximum absolute atomic E-state index is 6.21. The number of hydrogen-bond donors (Lipinski definition) is 2. The second-order valence-electron chi connectivity index (χ2n) is 8.24. The molecule has 7 heteroatoms. The van der Waals surface area contributed by atoms with Gasteiger partial charge in [0, 0.05) is 56.5 Å². The molecule has 164 valence electrons. The monoisotopic (exact) mass is 533 g/mol. The molecular formula is C22H37ClIN5. The van der Waals surface area contributed by atoms with E-state index >= 15 is 0 Å². The molecule has 5 nitrogen and oxygen atoms in total. The van der Waals surface area contributed by atoms with Crippen LogP contribution in [0.3, 0.4) is 0 Å². The van der Waals surface area contributed by atoms with E-state index in [2.05, 4.69) is 51.4 Å². The molecule has 2 fully saturated rings. The maximum Gasteiger partial charge on any atom is 0.191 e. The van der Waals surface area contributed by atoms with Gasteiger partial charge in [0.05, 0.1) is 0 Å². The summed E-state index contributed by atoms with van der Waals surface area (Å²) in [7, 11) is 1.87. The number of nitrogens with one attached hydrogen (secondary N) is 2. The SMILES string of the molecule is CCCN1CCC(NC(=NC)NCC2CCN(c3cc(Cl)ccc3C)C2)CC1.I. The molecule has 0 radical (unpaired) electrons. The van der Waals surface area contributed by atoms with Crippen molar-refractivity contribution in [2.24, 2.45) is 10.9 Å². The van der Waals surface area contributed by atoms with Crippen LogP contribution in [0.5, 0.6) is 0 Å². The smallest absolute Gasteiger partial charge is 0.191 e. The van der Waals surface area contributed by atoms with Gasteiger partial charge in [0.1, 0.15) is 0 Å². The Kier molecular flexibility index (Phi) is 10.3. The fraction of sp³-hybridized carbons (Fsp3) is 0.682. The van der Waals surface area contributed by atoms with Gasteiger partial charge in [-0.25, -0.2) is 0 Å². The van der Waals surface area contributed by atoms with Crippen molar-refractivity contribution >= 4 is 47.2 Å². The number of halogens is 2. The number of nitrogens with zero attached hydrogens (tertiary/aromatic N) is 3. The summed E-state index contributed by atoms with van der Waals surface area (Å²) in [5, 5.41) is 8.01. The fourth-order valence-corrected chi connectivity index (χ4v) is 4.55. The molecule has 0 aliphatic carbocycles. The van der Waals surface area contributed by atoms with Crippen LogP contribution in [0.15, 0.2) is 23.2 Å². The minimum atomic E-state index is 0. The van der Waals surface area contributed by atoms with E-state index in [0.717, 1.165) is 30.6 Å². The van der Waals surface area contributed by atoms with Gasteiger partial charge < -0.3 is 20.4 Å². The van der Waals surface area contributed by atoms with Crippen LogP contribution in [0.1, 0.15) is 38.2 Å². The normalized spacial score (nSPS) is 21.2. The van der Waals surface area contributed by atoms with Crippen molar-refractivity contribution in [1.29, 1.82) is 0 Å². The third kappa shape index (κ3) is 7.17. The highest BCUT2D eigenvalue weighted by Gasteiger charge is 2.25. The first-order valence-electron chi connectivity index (χ1n) is 10.8. The van der Waals surface area contributed by atoms with Crippen molar-refractivity contribution in [3.05, 3.63) is 28.8 Å². The van der Waals surface area contributed by atoms with Crippen LogP contribution >= 0.6 is 35.6 Å². The van der Waals surface area contributed by atoms with Crippen molar-refractivity contribution in [2.75, 3.05) is 51.2 Å². The molecule has 1 atom stereocenters. The Morgan fingerprint density at radius 1 is 1.21 bits per heavy atom. The highest BCUT2D eigenvalue weighted by molar-refractivity contribution is 14.0. The molecule has 2 saturated heterocycles. The molecule has 0 amide bonds. The van der Waals surface area contributed by atoms with Crippen LogP contribution in [0.2, 0.25) is 5.02 Å². The zero-order valence-electron chi connectivity index (χ0n) is 18.1. The Hall–Kier alpha value is -0.730. The highest BCUT2D eigenvalue weighted by Crippen LogP contribution is 2.29. The first-order chi connectivity index (χ1) is 13.6. The molecule has 2 aliphatic rings. The average Bonchev–Trinajstić information content (AvgIpc) is 3.17. The van der Waals surface area contributed by atoms with Crippen LogP contribution in [0.25, 0.3) is 0 Å². The lowest BCUT2D eigenvalue weighted by atomic mass is 10.1. The van der Waals surface area contributed by atoms with E-state index in [9.17, 15) is 0 Å². The summed E-state index contributed by atoms with van der Waals surface area (Å²) in [6.45, 7) is 11.2. The zero-order valence-corrected chi connectivity index (χ0v) is 21.2. The van der Waals surface area contributed by atoms with Crippen molar-refractivity contribution in [1.82, 2.24) is 15.5 Å². The number of aliphatic imine (C=N–C) groups is 1. The first kappa shape index (κ1) is 24.5. The first-order valence-corrected chi connectivity index (χ1v) is 11.2. The standard InChI is InChI=1S/C22H36ClN5.HI/c1-4-10-27-11-8-20(9-12-27)26-22(24-3)25-15-18-7-13-28(16-18)21-14-19(23)6-5-17(21)2;/h5-6,14,18,20H,4,7-13,15-16H2,1-3H3,(H2,24,25,26);1H. The fourth-order valence-electron chi connectivity index (χ4n) is 4.39. The van der Waals surface area contributed by atoms with Gasteiger partial charge in [-0.2, -0.15) is 0 Å². The summed E-state index contributed by atoms with van der Waals surface area (Å²) in [5.41, 5.74) is 2.57. The second-order valence-corrected chi connectivity index (χ2v) is 8.68. The lowest BCUT2D eigenvalue weighted by molar-refractivity contribution is 0.206. The number of rotatable bonds is 6. The molecule has 2 heterocycles. The Balaban J connectivity index is 0.00000300. The average molecular weight is 534 g/mol. The van der Waals surface area contributed by atoms with Crippen LogP contribution in [0, 0.1) is 12.8 Å². The van der Waals surface area contributed by atoms with Crippen LogP contribution in [0.4, 0.5) is 5.69 Å². The molecule has 0 bridgehead atoms. The van der Waals surface area contributed by atoms with Crippen LogP contribution in [-0.2, 0) is 0 Å². The van der Waals surface area contributed by atoms with E-state index in [-0.39, 0.29) is 24.0 Å². The minimum absolute atomic E-state index is 0. The molecule has 0 spiro atoms. The molecule has 29 heavy (non-hydrogen) atoms. The van der Waals surface area contributed by atoms with E-state index in [0.29, 0.717) is 12.0 Å². The summed E-state index contributed by atoms with van der Waals surface area (Å²) >= 11 is 6.21. The van der Waals surface area contributed by atoms with E-state index in [1.807, 2.05) is 13.1 Å². The number of benzene rings is 1. The molecule has 2 N–H and O–H groups in total. The number of piperidine rings is 1. The third-order valence-electron chi connectivity index (χ3n) is 6.05. The van der Waals surface area contributed by atoms with Crippen molar-refractivity contribution in [2.45, 2.75) is 45.6 Å². The summed E-state index contributed by atoms with van der Waals surface area (Å²) in [6, 6.07) is 6.71. The summed E-state index contributed by atoms with van der Waals surface area (Å²) < 4.78 is 0. The molecular weight excluding hydrogens is 497 g/mol. The Morgan fingerprint density at radius 2 is 1.97 bits per heavy atom. The van der Waals surface area contributed by atoms with Crippen LogP contribution in [-0.4, -0.2) is 63.2 Å². The van der Waals surface area contributed by atoms with E-state index in [4.69, 9.17) is 11.6 Å². The van der Waals surface area contributed by atoms with Gasteiger partial charge in [0.25, 0.3) is 0 Å². The minimum Gasteiger partial charge on any atom is -0.371 e. The summed E-state index contributed by atoms with van der Waals surface area (Å²) in [6.07, 6.45) is 4.84. The number of hydrogen-bond acceptors (Lipinski definition) is 3. The predicted molar refractivity (Wildman–Crippen MR) is 136 cm³/mol. The lowest BCUT2D eigenvalue weighted by Crippen LogP contribution is -2.49. The number of likely N-dealkylation sites (tertiary alicyclic amines) is 1. The number of guanidine groups is 1. The Labute approximate surface area is 198 Å². The van der Waals surface area contributed by atoms with Crippen molar-refractivity contribution in [3.63, 3.8) is 0 Å². The van der Waals surface area contributed by atoms with Gasteiger partial charge in [0.15, 0.2) is 5.96 Å². The topological polar surface area (TPSA) is 42.9 Å². The van der Waals surface area contributed by atoms with Gasteiger partial charge in [-0.15, -0.1) is 24.0 Å². The lowest BCUT2D eigenvalue weighted by Gasteiger charge is -2.33. The van der Waals surface area contributed by atoms with E-state index in [1.54, 1.807) is 0 Å². The molecule has 2 aliphatic heterocycles. The number of anilines is 1. The summed E-state index contributed by atoms with van der Waals surface area (Å²) in [5.74, 6) is 1.58. The van der Waals surface area contributed by atoms with Crippen LogP contribution < -0.4 is 15.5 Å². The van der Waals surface area contributed by atoms with Gasteiger partial charge in [-0.3, -0.25) is 4.99 Å². The van der Waals surface area contributed by atoms with Gasteiger partial charge >= 0.3 is 0 Å². The quantitative estimate of drug-likeness (QED) is 0.328. The Bertz CT molecular complexity index is 661. The van der Waals surface area contributed by atoms with Crippen molar-refractivity contribution in [3.8, 4) is 0 Å². The van der Waals surface area contributed by atoms with Gasteiger partial charge in [-0.1, -0.05) is 24.6 Å². The second kappa shape index (κ2) is 12.2. The zero-order chi connectivity index (χ0) is 19.9. The predicted octanol–water partition coefficient (Wildman–Crippen LogP) is 4.13. The van der Waals surface area contributed by atoms with E-state index in [1.165, 1.54) is 56.6 Å². The van der Waals surface area contributed by atoms with Crippen molar-refractivity contribution < 1.29 is 0 Å². The third-order valence-corrected chi connectivity index (χ3v) is 6.28. The Morgan fingerprint density at radius 3 is 2.66 bits per heavy atom. The molecule has 1 aromatic rings. The molecule has 3 rings (SSSR count). The van der Waals surface area contributed by atoms with Gasteiger partial charge in [-0.05, 0) is 62.8 Å².